The molecule has 1 amide bonds. The summed E-state index contributed by atoms with van der Waals surface area (Å²) in [5.41, 5.74) is 6.57. The third-order valence-corrected chi connectivity index (χ3v) is 6.49. The zero-order chi connectivity index (χ0) is 20.8. The maximum absolute atomic E-state index is 12.9. The highest BCUT2D eigenvalue weighted by Gasteiger charge is 2.34. The number of carbonyl (C=O) groups excluding carboxylic acids is 1. The van der Waals surface area contributed by atoms with Crippen LogP contribution in [0.25, 0.3) is 0 Å². The van der Waals surface area contributed by atoms with Crippen LogP contribution in [0.15, 0.2) is 18.3 Å². The lowest BCUT2D eigenvalue weighted by Crippen LogP contribution is -2.48. The second-order valence-electron chi connectivity index (χ2n) is 8.47. The Hall–Kier alpha value is -2.61. The minimum Gasteiger partial charge on any atom is -0.371 e. The molecule has 0 spiro atoms. The van der Waals surface area contributed by atoms with E-state index in [0.29, 0.717) is 32.6 Å². The van der Waals surface area contributed by atoms with Gasteiger partial charge in [0.15, 0.2) is 0 Å². The number of fused-ring (bicyclic) bond motifs is 3. The van der Waals surface area contributed by atoms with Crippen LogP contribution in [-0.2, 0) is 30.8 Å². The molecule has 0 atom stereocenters. The Morgan fingerprint density at radius 2 is 2.10 bits per heavy atom. The number of alkyl halides is 2. The number of aromatic nitrogens is 2. The zero-order valence-corrected chi connectivity index (χ0v) is 17.0. The van der Waals surface area contributed by atoms with Gasteiger partial charge in [-0.05, 0) is 48.7 Å². The first-order valence-electron chi connectivity index (χ1n) is 10.5. The molecule has 5 rings (SSSR count). The Labute approximate surface area is 174 Å². The van der Waals surface area contributed by atoms with Gasteiger partial charge in [0.1, 0.15) is 5.69 Å². The SMILES string of the molecule is Cc1nc2c(c3c1CCNC3)CN(C(=O)CC1CN(c3ccnc(C(F)F)c3)C1)C2. The van der Waals surface area contributed by atoms with E-state index in [1.54, 1.807) is 6.07 Å². The summed E-state index contributed by atoms with van der Waals surface area (Å²) >= 11 is 0. The van der Waals surface area contributed by atoms with Crippen LogP contribution in [0.2, 0.25) is 0 Å². The predicted molar refractivity (Wildman–Crippen MR) is 108 cm³/mol. The van der Waals surface area contributed by atoms with Gasteiger partial charge in [0.25, 0.3) is 6.43 Å². The Bertz CT molecular complexity index is 990. The van der Waals surface area contributed by atoms with Crippen molar-refractivity contribution in [3.05, 3.63) is 52.1 Å². The third-order valence-electron chi connectivity index (χ3n) is 6.49. The summed E-state index contributed by atoms with van der Waals surface area (Å²) in [4.78, 5) is 25.3. The Morgan fingerprint density at radius 1 is 1.27 bits per heavy atom. The quantitative estimate of drug-likeness (QED) is 0.835. The molecule has 5 heterocycles. The summed E-state index contributed by atoms with van der Waals surface area (Å²) in [5, 5.41) is 3.44. The van der Waals surface area contributed by atoms with Crippen LogP contribution in [0.1, 0.15) is 46.6 Å². The van der Waals surface area contributed by atoms with E-state index in [9.17, 15) is 13.6 Å². The molecule has 1 fully saturated rings. The summed E-state index contributed by atoms with van der Waals surface area (Å²) < 4.78 is 25.7. The van der Waals surface area contributed by atoms with Crippen molar-refractivity contribution in [2.24, 2.45) is 5.92 Å². The number of pyridine rings is 2. The van der Waals surface area contributed by atoms with Gasteiger partial charge in [-0.2, -0.15) is 0 Å². The van der Waals surface area contributed by atoms with Crippen molar-refractivity contribution in [1.82, 2.24) is 20.2 Å². The number of carbonyl (C=O) groups is 1. The minimum atomic E-state index is -2.57. The molecule has 0 bridgehead atoms. The number of anilines is 1. The van der Waals surface area contributed by atoms with Crippen LogP contribution in [0, 0.1) is 12.8 Å². The molecular weight excluding hydrogens is 388 g/mol. The summed E-state index contributed by atoms with van der Waals surface area (Å²) in [6.07, 6.45) is 0.326. The van der Waals surface area contributed by atoms with Gasteiger partial charge in [-0.1, -0.05) is 0 Å². The molecule has 0 radical (unpaired) electrons. The first-order valence-corrected chi connectivity index (χ1v) is 10.5. The van der Waals surface area contributed by atoms with E-state index in [-0.39, 0.29) is 17.5 Å². The molecular formula is C22H25F2N5O. The topological polar surface area (TPSA) is 61.4 Å². The molecule has 0 aromatic carbocycles. The molecule has 6 nitrogen and oxygen atoms in total. The molecule has 8 heteroatoms. The van der Waals surface area contributed by atoms with E-state index >= 15 is 0 Å². The van der Waals surface area contributed by atoms with Crippen LogP contribution >= 0.6 is 0 Å². The van der Waals surface area contributed by atoms with Gasteiger partial charge < -0.3 is 15.1 Å². The van der Waals surface area contributed by atoms with Crippen LogP contribution < -0.4 is 10.2 Å². The monoisotopic (exact) mass is 413 g/mol. The summed E-state index contributed by atoms with van der Waals surface area (Å²) in [6.45, 7) is 6.53. The Balaban J connectivity index is 1.20. The Morgan fingerprint density at radius 3 is 2.90 bits per heavy atom. The second kappa shape index (κ2) is 7.58. The van der Waals surface area contributed by atoms with Crippen LogP contribution in [-0.4, -0.2) is 40.4 Å². The molecule has 1 N–H and O–H groups in total. The third kappa shape index (κ3) is 3.43. The van der Waals surface area contributed by atoms with Gasteiger partial charge in [-0.3, -0.25) is 14.8 Å². The number of nitrogens with zero attached hydrogens (tertiary/aromatic N) is 4. The van der Waals surface area contributed by atoms with Crippen molar-refractivity contribution in [2.75, 3.05) is 24.5 Å². The molecule has 2 aromatic heterocycles. The lowest BCUT2D eigenvalue weighted by atomic mass is 9.94. The number of nitrogens with one attached hydrogen (secondary N) is 1. The standard InChI is InChI=1S/C22H25F2N5O/c1-13-16-3-4-25-8-17(16)18-11-29(12-20(18)27-13)21(30)6-14-9-28(10-14)15-2-5-26-19(7-15)22(23)24/h2,5,7,14,22,25H,3-4,6,8-12H2,1H3. The fraction of sp³-hybridized carbons (Fsp3) is 0.500. The molecule has 1 saturated heterocycles. The summed E-state index contributed by atoms with van der Waals surface area (Å²) in [6, 6.07) is 3.18. The van der Waals surface area contributed by atoms with Gasteiger partial charge in [0, 0.05) is 56.1 Å². The minimum absolute atomic E-state index is 0.149. The van der Waals surface area contributed by atoms with Gasteiger partial charge in [0.05, 0.1) is 12.2 Å². The average Bonchev–Trinajstić information content (AvgIpc) is 3.15. The van der Waals surface area contributed by atoms with Crippen molar-refractivity contribution in [1.29, 1.82) is 0 Å². The van der Waals surface area contributed by atoms with Crippen molar-refractivity contribution < 1.29 is 13.6 Å². The van der Waals surface area contributed by atoms with Crippen LogP contribution in [0.4, 0.5) is 14.5 Å². The largest absolute Gasteiger partial charge is 0.371 e. The van der Waals surface area contributed by atoms with Gasteiger partial charge in [0.2, 0.25) is 5.91 Å². The smallest absolute Gasteiger partial charge is 0.280 e. The highest BCUT2D eigenvalue weighted by molar-refractivity contribution is 5.78. The average molecular weight is 413 g/mol. The number of rotatable bonds is 4. The Kier molecular flexibility index (Phi) is 4.89. The molecule has 2 aromatic rings. The molecule has 3 aliphatic rings. The first kappa shape index (κ1) is 19.4. The zero-order valence-electron chi connectivity index (χ0n) is 17.0. The van der Waals surface area contributed by atoms with E-state index in [1.165, 1.54) is 29.0 Å². The maximum Gasteiger partial charge on any atom is 0.280 e. The van der Waals surface area contributed by atoms with E-state index in [4.69, 9.17) is 4.98 Å². The van der Waals surface area contributed by atoms with E-state index in [2.05, 4.69) is 17.2 Å². The van der Waals surface area contributed by atoms with E-state index < -0.39 is 6.43 Å². The highest BCUT2D eigenvalue weighted by Crippen LogP contribution is 2.33. The number of aryl methyl sites for hydroxylation is 1. The molecule has 3 aliphatic heterocycles. The first-order chi connectivity index (χ1) is 14.5. The molecule has 0 aliphatic carbocycles. The van der Waals surface area contributed by atoms with Crippen LogP contribution in [0.5, 0.6) is 0 Å². The highest BCUT2D eigenvalue weighted by atomic mass is 19.3. The number of amides is 1. The summed E-state index contributed by atoms with van der Waals surface area (Å²) in [7, 11) is 0. The predicted octanol–water partition coefficient (Wildman–Crippen LogP) is 2.74. The normalized spacial score (nSPS) is 18.4. The van der Waals surface area contributed by atoms with Crippen molar-refractivity contribution in [2.45, 2.75) is 45.8 Å². The summed E-state index contributed by atoms with van der Waals surface area (Å²) in [5.74, 6) is 0.394. The molecule has 0 saturated carbocycles. The molecule has 30 heavy (non-hydrogen) atoms. The number of halogens is 2. The van der Waals surface area contributed by atoms with Gasteiger partial charge >= 0.3 is 0 Å². The van der Waals surface area contributed by atoms with E-state index in [1.807, 2.05) is 9.80 Å². The fourth-order valence-electron chi connectivity index (χ4n) is 4.84. The maximum atomic E-state index is 12.9. The molecule has 158 valence electrons. The number of hydrogen-bond acceptors (Lipinski definition) is 5. The van der Waals surface area contributed by atoms with Gasteiger partial charge in [-0.25, -0.2) is 8.78 Å². The van der Waals surface area contributed by atoms with Crippen molar-refractivity contribution in [3.8, 4) is 0 Å². The molecule has 0 unspecified atom stereocenters. The lowest BCUT2D eigenvalue weighted by molar-refractivity contribution is -0.133. The fourth-order valence-corrected chi connectivity index (χ4v) is 4.84. The van der Waals surface area contributed by atoms with Gasteiger partial charge in [-0.15, -0.1) is 0 Å². The van der Waals surface area contributed by atoms with Crippen molar-refractivity contribution >= 4 is 11.6 Å². The van der Waals surface area contributed by atoms with Crippen LogP contribution in [0.3, 0.4) is 0 Å². The number of hydrogen-bond donors (Lipinski definition) is 1. The van der Waals surface area contributed by atoms with E-state index in [0.717, 1.165) is 36.6 Å². The lowest BCUT2D eigenvalue weighted by Gasteiger charge is -2.41. The van der Waals surface area contributed by atoms with Crippen molar-refractivity contribution in [3.63, 3.8) is 0 Å². The second-order valence-corrected chi connectivity index (χ2v) is 8.47.